The van der Waals surface area contributed by atoms with Crippen LogP contribution in [-0.4, -0.2) is 45.0 Å². The summed E-state index contributed by atoms with van der Waals surface area (Å²) >= 11 is 1.50. The van der Waals surface area contributed by atoms with Crippen molar-refractivity contribution in [3.63, 3.8) is 0 Å². The van der Waals surface area contributed by atoms with Gasteiger partial charge >= 0.3 is 12.0 Å². The minimum absolute atomic E-state index is 0.130. The minimum atomic E-state index is -0.987. The molecule has 1 fully saturated rings. The summed E-state index contributed by atoms with van der Waals surface area (Å²) in [6, 6.07) is 1.23. The van der Waals surface area contributed by atoms with E-state index in [0.29, 0.717) is 12.2 Å². The van der Waals surface area contributed by atoms with E-state index in [4.69, 9.17) is 9.26 Å². The van der Waals surface area contributed by atoms with Crippen LogP contribution in [-0.2, 0) is 20.9 Å². The number of nitrogens with zero attached hydrogens (tertiary/aromatic N) is 3. The van der Waals surface area contributed by atoms with Crippen molar-refractivity contribution in [3.8, 4) is 11.4 Å². The average molecular weight is 364 g/mol. The van der Waals surface area contributed by atoms with Crippen LogP contribution in [0.3, 0.4) is 0 Å². The molecule has 25 heavy (non-hydrogen) atoms. The van der Waals surface area contributed by atoms with Crippen LogP contribution in [0.2, 0.25) is 0 Å². The lowest BCUT2D eigenvalue weighted by Crippen LogP contribution is -2.43. The van der Waals surface area contributed by atoms with Gasteiger partial charge in [0.15, 0.2) is 6.61 Å². The molecular weight excluding hydrogens is 348 g/mol. The molecule has 1 aliphatic rings. The number of rotatable bonds is 6. The zero-order valence-corrected chi connectivity index (χ0v) is 14.5. The van der Waals surface area contributed by atoms with Crippen LogP contribution in [0.15, 0.2) is 21.3 Å². The molecule has 1 atom stereocenters. The van der Waals surface area contributed by atoms with Gasteiger partial charge in [-0.1, -0.05) is 12.1 Å². The average Bonchev–Trinajstić information content (AvgIpc) is 3.30. The Labute approximate surface area is 147 Å². The first-order valence-corrected chi connectivity index (χ1v) is 8.52. The Kier molecular flexibility index (Phi) is 4.53. The molecule has 0 saturated carbocycles. The number of ether oxygens (including phenoxy) is 1. The summed E-state index contributed by atoms with van der Waals surface area (Å²) in [7, 11) is 0. The number of esters is 1. The fraction of sp³-hybridized carbons (Fsp3) is 0.400. The lowest BCUT2D eigenvalue weighted by atomic mass is 9.99. The predicted octanol–water partition coefficient (Wildman–Crippen LogP) is 1.56. The molecule has 0 spiro atoms. The molecule has 2 aromatic rings. The third-order valence-corrected chi connectivity index (χ3v) is 4.63. The molecule has 1 unspecified atom stereocenters. The molecule has 0 aromatic carbocycles. The van der Waals surface area contributed by atoms with Gasteiger partial charge in [-0.05, 0) is 24.8 Å². The maximum atomic E-state index is 12.2. The Morgan fingerprint density at radius 1 is 1.48 bits per heavy atom. The molecule has 3 heterocycles. The standard InChI is InChI=1S/C15H16N4O5S/c1-3-15(2)13(21)19(14(22)17-15)6-11(20)23-7-10-16-12(18-24-10)9-4-5-25-8-9/h4-5,8H,3,6-7H2,1-2H3,(H,17,22). The second-order valence-corrected chi connectivity index (χ2v) is 6.47. The van der Waals surface area contributed by atoms with Crippen LogP contribution in [0.1, 0.15) is 26.2 Å². The molecular formula is C15H16N4O5S. The van der Waals surface area contributed by atoms with E-state index < -0.39 is 30.0 Å². The van der Waals surface area contributed by atoms with E-state index >= 15 is 0 Å². The van der Waals surface area contributed by atoms with Gasteiger partial charge in [0.25, 0.3) is 11.8 Å². The van der Waals surface area contributed by atoms with Crippen molar-refractivity contribution in [1.82, 2.24) is 20.4 Å². The lowest BCUT2D eigenvalue weighted by molar-refractivity contribution is -0.149. The molecule has 0 aliphatic carbocycles. The first-order chi connectivity index (χ1) is 11.9. The molecule has 1 aliphatic heterocycles. The van der Waals surface area contributed by atoms with Crippen molar-refractivity contribution in [2.24, 2.45) is 0 Å². The molecule has 10 heteroatoms. The molecule has 132 valence electrons. The van der Waals surface area contributed by atoms with Crippen molar-refractivity contribution in [1.29, 1.82) is 0 Å². The first kappa shape index (κ1) is 17.1. The number of urea groups is 1. The number of amides is 3. The number of imide groups is 1. The molecule has 0 radical (unpaired) electrons. The Morgan fingerprint density at radius 3 is 2.92 bits per heavy atom. The van der Waals surface area contributed by atoms with Crippen molar-refractivity contribution in [2.75, 3.05) is 6.54 Å². The second-order valence-electron chi connectivity index (χ2n) is 5.69. The van der Waals surface area contributed by atoms with Gasteiger partial charge in [0, 0.05) is 10.9 Å². The van der Waals surface area contributed by atoms with E-state index in [1.165, 1.54) is 11.3 Å². The maximum absolute atomic E-state index is 12.2. The summed E-state index contributed by atoms with van der Waals surface area (Å²) in [6.07, 6.45) is 0.427. The normalized spacial score (nSPS) is 20.0. The highest BCUT2D eigenvalue weighted by Crippen LogP contribution is 2.21. The van der Waals surface area contributed by atoms with Crippen molar-refractivity contribution >= 4 is 29.2 Å². The predicted molar refractivity (Wildman–Crippen MR) is 86.3 cm³/mol. The summed E-state index contributed by atoms with van der Waals surface area (Å²) in [5.41, 5.74) is -0.177. The van der Waals surface area contributed by atoms with Crippen LogP contribution in [0.25, 0.3) is 11.4 Å². The quantitative estimate of drug-likeness (QED) is 0.611. The number of carbonyl (C=O) groups excluding carboxylic acids is 3. The van der Waals surface area contributed by atoms with Gasteiger partial charge < -0.3 is 14.6 Å². The summed E-state index contributed by atoms with van der Waals surface area (Å²) < 4.78 is 10.0. The number of aromatic nitrogens is 2. The Bertz CT molecular complexity index is 803. The molecule has 0 bridgehead atoms. The van der Waals surface area contributed by atoms with Gasteiger partial charge in [-0.15, -0.1) is 0 Å². The van der Waals surface area contributed by atoms with Gasteiger partial charge in [-0.25, -0.2) is 4.79 Å². The van der Waals surface area contributed by atoms with Gasteiger partial charge in [0.2, 0.25) is 5.82 Å². The van der Waals surface area contributed by atoms with Crippen LogP contribution >= 0.6 is 11.3 Å². The van der Waals surface area contributed by atoms with E-state index in [2.05, 4.69) is 15.5 Å². The molecule has 3 amide bonds. The fourth-order valence-corrected chi connectivity index (χ4v) is 2.90. The minimum Gasteiger partial charge on any atom is -0.454 e. The number of hydrogen-bond donors (Lipinski definition) is 1. The highest BCUT2D eigenvalue weighted by molar-refractivity contribution is 7.08. The Morgan fingerprint density at radius 2 is 2.28 bits per heavy atom. The highest BCUT2D eigenvalue weighted by atomic mass is 32.1. The largest absolute Gasteiger partial charge is 0.454 e. The van der Waals surface area contributed by atoms with E-state index in [1.54, 1.807) is 13.8 Å². The summed E-state index contributed by atoms with van der Waals surface area (Å²) in [5.74, 6) is -0.654. The van der Waals surface area contributed by atoms with Crippen molar-refractivity contribution < 1.29 is 23.6 Å². The Hall–Kier alpha value is -2.75. The summed E-state index contributed by atoms with van der Waals surface area (Å²) in [6.45, 7) is 2.69. The van der Waals surface area contributed by atoms with Crippen LogP contribution in [0, 0.1) is 0 Å². The first-order valence-electron chi connectivity index (χ1n) is 7.58. The van der Waals surface area contributed by atoms with Gasteiger partial charge in [0.05, 0.1) is 0 Å². The summed E-state index contributed by atoms with van der Waals surface area (Å²) in [4.78, 5) is 40.9. The van der Waals surface area contributed by atoms with Gasteiger partial charge in [0.1, 0.15) is 12.1 Å². The van der Waals surface area contributed by atoms with E-state index in [-0.39, 0.29) is 12.5 Å². The van der Waals surface area contributed by atoms with Crippen LogP contribution in [0.4, 0.5) is 4.79 Å². The Balaban J connectivity index is 1.55. The van der Waals surface area contributed by atoms with Crippen LogP contribution in [0.5, 0.6) is 0 Å². The number of hydrogen-bond acceptors (Lipinski definition) is 8. The number of thiophene rings is 1. The summed E-state index contributed by atoms with van der Waals surface area (Å²) in [5, 5.41) is 10.1. The fourth-order valence-electron chi connectivity index (χ4n) is 2.27. The maximum Gasteiger partial charge on any atom is 0.326 e. The molecule has 1 saturated heterocycles. The molecule has 1 N–H and O–H groups in total. The van der Waals surface area contributed by atoms with E-state index in [9.17, 15) is 14.4 Å². The topological polar surface area (TPSA) is 115 Å². The lowest BCUT2D eigenvalue weighted by Gasteiger charge is -2.18. The third-order valence-electron chi connectivity index (χ3n) is 3.94. The third kappa shape index (κ3) is 3.38. The van der Waals surface area contributed by atoms with Crippen molar-refractivity contribution in [2.45, 2.75) is 32.4 Å². The number of carbonyl (C=O) groups is 3. The van der Waals surface area contributed by atoms with Crippen LogP contribution < -0.4 is 5.32 Å². The second kappa shape index (κ2) is 6.63. The molecule has 3 rings (SSSR count). The smallest absolute Gasteiger partial charge is 0.326 e. The highest BCUT2D eigenvalue weighted by Gasteiger charge is 2.47. The van der Waals surface area contributed by atoms with Crippen molar-refractivity contribution in [3.05, 3.63) is 22.7 Å². The molecule has 9 nitrogen and oxygen atoms in total. The number of nitrogens with one attached hydrogen (secondary N) is 1. The zero-order valence-electron chi connectivity index (χ0n) is 13.6. The monoisotopic (exact) mass is 364 g/mol. The van der Waals surface area contributed by atoms with E-state index in [1.807, 2.05) is 16.8 Å². The van der Waals surface area contributed by atoms with Gasteiger partial charge in [-0.3, -0.25) is 14.5 Å². The van der Waals surface area contributed by atoms with Gasteiger partial charge in [-0.2, -0.15) is 16.3 Å². The molecule has 2 aromatic heterocycles. The SMILES string of the molecule is CCC1(C)NC(=O)N(CC(=O)OCc2nc(-c3ccsc3)no2)C1=O. The van der Waals surface area contributed by atoms with E-state index in [0.717, 1.165) is 10.5 Å². The zero-order chi connectivity index (χ0) is 18.0.